The molecular formula is C13H14N2OS. The summed E-state index contributed by atoms with van der Waals surface area (Å²) in [6.45, 7) is 4.31. The average Bonchev–Trinajstić information content (AvgIpc) is 2.29. The van der Waals surface area contributed by atoms with Crippen molar-refractivity contribution in [2.24, 2.45) is 0 Å². The van der Waals surface area contributed by atoms with Crippen LogP contribution in [0.5, 0.6) is 0 Å². The smallest absolute Gasteiger partial charge is 0.251 e. The van der Waals surface area contributed by atoms with Crippen molar-refractivity contribution >= 4 is 12.2 Å². The van der Waals surface area contributed by atoms with E-state index in [0.717, 1.165) is 5.69 Å². The van der Waals surface area contributed by atoms with Crippen LogP contribution in [-0.2, 0) is 0 Å². The second-order valence-corrected chi connectivity index (χ2v) is 4.61. The molecule has 17 heavy (non-hydrogen) atoms. The Bertz CT molecular complexity index is 623. The third-order valence-electron chi connectivity index (χ3n) is 2.66. The van der Waals surface area contributed by atoms with E-state index in [1.54, 1.807) is 10.8 Å². The van der Waals surface area contributed by atoms with E-state index in [1.165, 1.54) is 11.6 Å². The molecule has 0 fully saturated rings. The maximum absolute atomic E-state index is 11.1. The van der Waals surface area contributed by atoms with Crippen molar-refractivity contribution < 1.29 is 0 Å². The van der Waals surface area contributed by atoms with Crippen LogP contribution < -0.4 is 5.56 Å². The molecule has 0 aliphatic carbocycles. The molecule has 0 bridgehead atoms. The fourth-order valence-electron chi connectivity index (χ4n) is 1.64. The number of aromatic amines is 1. The van der Waals surface area contributed by atoms with E-state index in [-0.39, 0.29) is 5.56 Å². The molecule has 0 amide bonds. The van der Waals surface area contributed by atoms with Crippen LogP contribution in [-0.4, -0.2) is 9.55 Å². The molecule has 0 radical (unpaired) electrons. The number of nitrogens with one attached hydrogen (secondary N) is 1. The maximum atomic E-state index is 11.1. The summed E-state index contributed by atoms with van der Waals surface area (Å²) < 4.78 is 2.19. The Morgan fingerprint density at radius 2 is 1.82 bits per heavy atom. The van der Waals surface area contributed by atoms with Gasteiger partial charge in [0.05, 0.1) is 0 Å². The van der Waals surface area contributed by atoms with Crippen molar-refractivity contribution in [2.45, 2.75) is 19.8 Å². The first kappa shape index (κ1) is 11.8. The molecule has 0 aliphatic heterocycles. The van der Waals surface area contributed by atoms with Crippen molar-refractivity contribution in [3.8, 4) is 5.69 Å². The zero-order valence-electron chi connectivity index (χ0n) is 9.81. The minimum atomic E-state index is -0.176. The Morgan fingerprint density at radius 3 is 2.35 bits per heavy atom. The summed E-state index contributed by atoms with van der Waals surface area (Å²) in [4.78, 5) is 13.7. The molecule has 0 saturated heterocycles. The highest BCUT2D eigenvalue weighted by Gasteiger charge is 2.00. The Balaban J connectivity index is 2.47. The summed E-state index contributed by atoms with van der Waals surface area (Å²) in [6.07, 6.45) is 1.69. The molecule has 0 aliphatic rings. The van der Waals surface area contributed by atoms with Crippen molar-refractivity contribution in [1.29, 1.82) is 0 Å². The number of hydrogen-bond acceptors (Lipinski definition) is 2. The van der Waals surface area contributed by atoms with Crippen LogP contribution in [0.25, 0.3) is 5.69 Å². The fraction of sp³-hybridized carbons (Fsp3) is 0.231. The Morgan fingerprint density at radius 1 is 1.18 bits per heavy atom. The quantitative estimate of drug-likeness (QED) is 0.827. The van der Waals surface area contributed by atoms with Gasteiger partial charge in [0.1, 0.15) is 0 Å². The molecule has 0 spiro atoms. The second-order valence-electron chi connectivity index (χ2n) is 4.23. The molecular weight excluding hydrogens is 232 g/mol. The predicted octanol–water partition coefficient (Wildman–Crippen LogP) is 3.02. The lowest BCUT2D eigenvalue weighted by atomic mass is 10.0. The van der Waals surface area contributed by atoms with Crippen molar-refractivity contribution in [2.75, 3.05) is 0 Å². The normalized spacial score (nSPS) is 10.8. The average molecular weight is 246 g/mol. The molecule has 88 valence electrons. The molecule has 4 heteroatoms. The minimum Gasteiger partial charge on any atom is -0.299 e. The third kappa shape index (κ3) is 2.53. The van der Waals surface area contributed by atoms with Gasteiger partial charge in [0.2, 0.25) is 0 Å². The number of aromatic nitrogens is 2. The lowest BCUT2D eigenvalue weighted by Gasteiger charge is -2.09. The van der Waals surface area contributed by atoms with E-state index < -0.39 is 0 Å². The Hall–Kier alpha value is -1.68. The highest BCUT2D eigenvalue weighted by atomic mass is 32.1. The lowest BCUT2D eigenvalue weighted by molar-refractivity contribution is 0.863. The molecule has 1 heterocycles. The molecule has 1 aromatic carbocycles. The number of hydrogen-bond donors (Lipinski definition) is 1. The number of nitrogens with zero attached hydrogens (tertiary/aromatic N) is 1. The SMILES string of the molecule is CC(C)c1ccc(-n2ccc(=O)[nH]c2=S)cc1. The summed E-state index contributed by atoms with van der Waals surface area (Å²) in [6, 6.07) is 9.62. The maximum Gasteiger partial charge on any atom is 0.251 e. The van der Waals surface area contributed by atoms with Crippen molar-refractivity contribution in [3.05, 3.63) is 57.2 Å². The molecule has 2 aromatic rings. The van der Waals surface area contributed by atoms with Gasteiger partial charge in [-0.25, -0.2) is 0 Å². The van der Waals surface area contributed by atoms with E-state index in [0.29, 0.717) is 10.7 Å². The van der Waals surface area contributed by atoms with E-state index in [2.05, 4.69) is 31.0 Å². The summed E-state index contributed by atoms with van der Waals surface area (Å²) in [7, 11) is 0. The highest BCUT2D eigenvalue weighted by molar-refractivity contribution is 7.71. The summed E-state index contributed by atoms with van der Waals surface area (Å²) in [5.74, 6) is 0.507. The van der Waals surface area contributed by atoms with Crippen LogP contribution in [0.1, 0.15) is 25.3 Å². The van der Waals surface area contributed by atoms with Crippen LogP contribution in [0, 0.1) is 4.77 Å². The number of rotatable bonds is 2. The van der Waals surface area contributed by atoms with Crippen molar-refractivity contribution in [1.82, 2.24) is 9.55 Å². The van der Waals surface area contributed by atoms with Gasteiger partial charge in [-0.1, -0.05) is 26.0 Å². The van der Waals surface area contributed by atoms with Gasteiger partial charge in [-0.2, -0.15) is 0 Å². The summed E-state index contributed by atoms with van der Waals surface area (Å²) >= 11 is 5.11. The molecule has 1 N–H and O–H groups in total. The van der Waals surface area contributed by atoms with Gasteiger partial charge in [-0.05, 0) is 35.8 Å². The van der Waals surface area contributed by atoms with Gasteiger partial charge < -0.3 is 0 Å². The Labute approximate surface area is 105 Å². The van der Waals surface area contributed by atoms with E-state index >= 15 is 0 Å². The van der Waals surface area contributed by atoms with Gasteiger partial charge in [-0.3, -0.25) is 14.3 Å². The van der Waals surface area contributed by atoms with E-state index in [4.69, 9.17) is 12.2 Å². The first-order chi connectivity index (χ1) is 8.08. The molecule has 3 nitrogen and oxygen atoms in total. The summed E-state index contributed by atoms with van der Waals surface area (Å²) in [5, 5.41) is 0. The zero-order valence-corrected chi connectivity index (χ0v) is 10.6. The standard InChI is InChI=1S/C13H14N2OS/c1-9(2)10-3-5-11(6-4-10)15-8-7-12(16)14-13(15)17/h3-9H,1-2H3,(H,14,16,17). The molecule has 2 rings (SSSR count). The fourth-order valence-corrected chi connectivity index (χ4v) is 1.91. The van der Waals surface area contributed by atoms with Crippen LogP contribution >= 0.6 is 12.2 Å². The molecule has 0 atom stereocenters. The van der Waals surface area contributed by atoms with Crippen LogP contribution in [0.2, 0.25) is 0 Å². The zero-order chi connectivity index (χ0) is 12.4. The Kier molecular flexibility index (Phi) is 3.24. The molecule has 0 unspecified atom stereocenters. The van der Waals surface area contributed by atoms with Crippen molar-refractivity contribution in [3.63, 3.8) is 0 Å². The lowest BCUT2D eigenvalue weighted by Crippen LogP contribution is -2.09. The third-order valence-corrected chi connectivity index (χ3v) is 2.96. The van der Waals surface area contributed by atoms with Crippen LogP contribution in [0.4, 0.5) is 0 Å². The van der Waals surface area contributed by atoms with Gasteiger partial charge in [0, 0.05) is 18.0 Å². The monoisotopic (exact) mass is 246 g/mol. The number of H-pyrrole nitrogens is 1. The second kappa shape index (κ2) is 4.67. The van der Waals surface area contributed by atoms with Crippen LogP contribution in [0.15, 0.2) is 41.3 Å². The molecule has 0 saturated carbocycles. The van der Waals surface area contributed by atoms with E-state index in [1.807, 2.05) is 12.1 Å². The van der Waals surface area contributed by atoms with Gasteiger partial charge in [0.25, 0.3) is 5.56 Å². The van der Waals surface area contributed by atoms with Crippen LogP contribution in [0.3, 0.4) is 0 Å². The topological polar surface area (TPSA) is 37.8 Å². The number of benzene rings is 1. The molecule has 1 aromatic heterocycles. The van der Waals surface area contributed by atoms with Gasteiger partial charge >= 0.3 is 0 Å². The van der Waals surface area contributed by atoms with Gasteiger partial charge in [-0.15, -0.1) is 0 Å². The van der Waals surface area contributed by atoms with Gasteiger partial charge in [0.15, 0.2) is 4.77 Å². The minimum absolute atomic E-state index is 0.176. The highest BCUT2D eigenvalue weighted by Crippen LogP contribution is 2.16. The predicted molar refractivity (Wildman–Crippen MR) is 71.3 cm³/mol. The van der Waals surface area contributed by atoms with E-state index in [9.17, 15) is 4.79 Å². The first-order valence-corrected chi connectivity index (χ1v) is 5.91. The first-order valence-electron chi connectivity index (χ1n) is 5.50. The largest absolute Gasteiger partial charge is 0.299 e. The summed E-state index contributed by atoms with van der Waals surface area (Å²) in [5.41, 5.74) is 2.06.